The van der Waals surface area contributed by atoms with Crippen molar-refractivity contribution in [3.05, 3.63) is 30.3 Å². The molecule has 0 spiro atoms. The number of aliphatic imine (C=N–C) groups is 1. The third-order valence-electron chi connectivity index (χ3n) is 4.50. The Morgan fingerprint density at radius 1 is 1.35 bits per heavy atom. The van der Waals surface area contributed by atoms with Crippen LogP contribution in [0.5, 0.6) is 0 Å². The maximum Gasteiger partial charge on any atom is 0.217 e. The van der Waals surface area contributed by atoms with E-state index in [1.807, 2.05) is 0 Å². The predicted molar refractivity (Wildman–Crippen MR) is 103 cm³/mol. The zero-order chi connectivity index (χ0) is 19.0. The number of hydrogen-bond acceptors (Lipinski definition) is 4. The monoisotopic (exact) mass is 380 g/mol. The molecule has 0 saturated carbocycles. The van der Waals surface area contributed by atoms with Crippen molar-refractivity contribution in [1.82, 2.24) is 10.2 Å². The smallest absolute Gasteiger partial charge is 0.217 e. The molecular formula is C18H28N4O3S. The summed E-state index contributed by atoms with van der Waals surface area (Å²) >= 11 is 0. The van der Waals surface area contributed by atoms with Gasteiger partial charge in [0.05, 0.1) is 10.6 Å². The van der Waals surface area contributed by atoms with Crippen molar-refractivity contribution in [1.29, 1.82) is 0 Å². The molecular weight excluding hydrogens is 352 g/mol. The number of amides is 1. The van der Waals surface area contributed by atoms with E-state index in [1.54, 1.807) is 37.4 Å². The van der Waals surface area contributed by atoms with E-state index >= 15 is 0 Å². The summed E-state index contributed by atoms with van der Waals surface area (Å²) in [5.74, 6) is 0.811. The van der Waals surface area contributed by atoms with Crippen LogP contribution < -0.4 is 11.1 Å². The summed E-state index contributed by atoms with van der Waals surface area (Å²) < 4.78 is 24.6. The molecule has 144 valence electrons. The van der Waals surface area contributed by atoms with Gasteiger partial charge in [0.1, 0.15) is 0 Å². The first-order valence-corrected chi connectivity index (χ1v) is 10.6. The first kappa shape index (κ1) is 20.2. The second-order valence-electron chi connectivity index (χ2n) is 6.58. The Balaban J connectivity index is 1.81. The molecule has 1 aromatic rings. The summed E-state index contributed by atoms with van der Waals surface area (Å²) in [6.07, 6.45) is 2.87. The van der Waals surface area contributed by atoms with Gasteiger partial charge in [0, 0.05) is 33.1 Å². The van der Waals surface area contributed by atoms with Gasteiger partial charge in [-0.25, -0.2) is 8.42 Å². The van der Waals surface area contributed by atoms with Crippen LogP contribution in [0.2, 0.25) is 0 Å². The summed E-state index contributed by atoms with van der Waals surface area (Å²) in [5, 5.41) is 3.23. The zero-order valence-electron chi connectivity index (χ0n) is 15.2. The minimum Gasteiger partial charge on any atom is -0.370 e. The number of carbonyl (C=O) groups excluding carboxylic acids is 1. The molecule has 3 N–H and O–H groups in total. The van der Waals surface area contributed by atoms with Crippen molar-refractivity contribution in [3.8, 4) is 0 Å². The number of likely N-dealkylation sites (tertiary alicyclic amines) is 1. The molecule has 1 aliphatic rings. The van der Waals surface area contributed by atoms with E-state index in [2.05, 4.69) is 15.2 Å². The van der Waals surface area contributed by atoms with Gasteiger partial charge < -0.3 is 16.0 Å². The Bertz CT molecular complexity index is 719. The van der Waals surface area contributed by atoms with Crippen LogP contribution in [0.4, 0.5) is 0 Å². The Morgan fingerprint density at radius 3 is 2.73 bits per heavy atom. The van der Waals surface area contributed by atoms with Gasteiger partial charge >= 0.3 is 0 Å². The van der Waals surface area contributed by atoms with E-state index < -0.39 is 9.84 Å². The molecule has 7 nitrogen and oxygen atoms in total. The third-order valence-corrected chi connectivity index (χ3v) is 6.31. The highest BCUT2D eigenvalue weighted by molar-refractivity contribution is 7.91. The van der Waals surface area contributed by atoms with E-state index in [0.29, 0.717) is 24.3 Å². The predicted octanol–water partition coefficient (Wildman–Crippen LogP) is 1.01. The summed E-state index contributed by atoms with van der Waals surface area (Å²) in [4.78, 5) is 17.9. The summed E-state index contributed by atoms with van der Waals surface area (Å²) in [5.41, 5.74) is 5.30. The lowest BCUT2D eigenvalue weighted by molar-refractivity contribution is -0.119. The van der Waals surface area contributed by atoms with Crippen molar-refractivity contribution >= 4 is 21.7 Å². The van der Waals surface area contributed by atoms with Crippen molar-refractivity contribution in [2.75, 3.05) is 32.4 Å². The van der Waals surface area contributed by atoms with Crippen molar-refractivity contribution < 1.29 is 13.2 Å². The van der Waals surface area contributed by atoms with Crippen LogP contribution >= 0.6 is 0 Å². The van der Waals surface area contributed by atoms with Crippen molar-refractivity contribution in [2.45, 2.75) is 30.6 Å². The second kappa shape index (κ2) is 9.56. The molecule has 26 heavy (non-hydrogen) atoms. The number of sulfone groups is 1. The van der Waals surface area contributed by atoms with Gasteiger partial charge in [0.2, 0.25) is 5.91 Å². The molecule has 1 heterocycles. The highest BCUT2D eigenvalue weighted by atomic mass is 32.2. The van der Waals surface area contributed by atoms with Crippen LogP contribution in [-0.2, 0) is 14.6 Å². The maximum atomic E-state index is 12.3. The minimum atomic E-state index is -3.26. The molecule has 0 aliphatic carbocycles. The van der Waals surface area contributed by atoms with Crippen LogP contribution in [0.15, 0.2) is 40.2 Å². The van der Waals surface area contributed by atoms with Gasteiger partial charge in [-0.2, -0.15) is 0 Å². The Morgan fingerprint density at radius 2 is 2.08 bits per heavy atom. The Hall–Kier alpha value is -2.09. The number of benzene rings is 1. The molecule has 8 heteroatoms. The van der Waals surface area contributed by atoms with E-state index in [4.69, 9.17) is 5.73 Å². The van der Waals surface area contributed by atoms with Crippen molar-refractivity contribution in [3.63, 3.8) is 0 Å². The van der Waals surface area contributed by atoms with E-state index in [0.717, 1.165) is 31.9 Å². The highest BCUT2D eigenvalue weighted by Gasteiger charge is 2.23. The fourth-order valence-electron chi connectivity index (χ4n) is 3.25. The van der Waals surface area contributed by atoms with Gasteiger partial charge in [0.15, 0.2) is 15.8 Å². The van der Waals surface area contributed by atoms with Gasteiger partial charge in [0.25, 0.3) is 0 Å². The van der Waals surface area contributed by atoms with Crippen LogP contribution in [0.1, 0.15) is 25.7 Å². The van der Waals surface area contributed by atoms with Crippen LogP contribution in [0.3, 0.4) is 0 Å². The lowest BCUT2D eigenvalue weighted by Gasteiger charge is -2.34. The molecule has 1 saturated heterocycles. The van der Waals surface area contributed by atoms with Gasteiger partial charge in [-0.3, -0.25) is 9.79 Å². The molecule has 0 bridgehead atoms. The lowest BCUT2D eigenvalue weighted by atomic mass is 9.95. The molecule has 1 aliphatic heterocycles. The molecule has 0 radical (unpaired) electrons. The number of rotatable bonds is 7. The van der Waals surface area contributed by atoms with E-state index in [9.17, 15) is 13.2 Å². The van der Waals surface area contributed by atoms with Crippen LogP contribution in [0, 0.1) is 5.92 Å². The zero-order valence-corrected chi connectivity index (χ0v) is 16.0. The fraction of sp³-hybridized carbons (Fsp3) is 0.556. The molecule has 2 rings (SSSR count). The number of carbonyl (C=O) groups is 1. The Labute approximate surface area is 155 Å². The number of guanidine groups is 1. The third kappa shape index (κ3) is 6.01. The number of piperidine rings is 1. The number of nitrogens with one attached hydrogen (secondary N) is 1. The number of nitrogens with zero attached hydrogens (tertiary/aromatic N) is 2. The standard InChI is InChI=1S/C18H28N4O3S/c1-20-18(22-11-5-7-15(14-22)13-17(19)23)21-10-6-12-26(24,25)16-8-3-2-4-9-16/h2-4,8-9,15H,5-7,10-14H2,1H3,(H2,19,23)(H,20,21). The minimum absolute atomic E-state index is 0.0886. The maximum absolute atomic E-state index is 12.3. The number of primary amides is 1. The Kier molecular flexibility index (Phi) is 7.44. The first-order chi connectivity index (χ1) is 12.4. The summed E-state index contributed by atoms with van der Waals surface area (Å²) in [7, 11) is -1.55. The first-order valence-electron chi connectivity index (χ1n) is 8.94. The van der Waals surface area contributed by atoms with E-state index in [-0.39, 0.29) is 17.6 Å². The van der Waals surface area contributed by atoms with Gasteiger partial charge in [-0.05, 0) is 37.3 Å². The molecule has 1 aromatic carbocycles. The lowest BCUT2D eigenvalue weighted by Crippen LogP contribution is -2.47. The summed E-state index contributed by atoms with van der Waals surface area (Å²) in [6.45, 7) is 2.14. The average Bonchev–Trinajstić information content (AvgIpc) is 2.62. The fourth-order valence-corrected chi connectivity index (χ4v) is 4.58. The summed E-state index contributed by atoms with van der Waals surface area (Å²) in [6, 6.07) is 8.49. The van der Waals surface area contributed by atoms with Crippen LogP contribution in [0.25, 0.3) is 0 Å². The highest BCUT2D eigenvalue weighted by Crippen LogP contribution is 2.19. The molecule has 1 fully saturated rings. The SMILES string of the molecule is CN=C(NCCCS(=O)(=O)c1ccccc1)N1CCCC(CC(N)=O)C1. The molecule has 1 amide bonds. The normalized spacial score (nSPS) is 18.6. The number of hydrogen-bond donors (Lipinski definition) is 2. The molecule has 0 aromatic heterocycles. The largest absolute Gasteiger partial charge is 0.370 e. The average molecular weight is 381 g/mol. The van der Waals surface area contributed by atoms with Crippen LogP contribution in [-0.4, -0.2) is 57.6 Å². The second-order valence-corrected chi connectivity index (χ2v) is 8.69. The van der Waals surface area contributed by atoms with Gasteiger partial charge in [-0.1, -0.05) is 18.2 Å². The van der Waals surface area contributed by atoms with Gasteiger partial charge in [-0.15, -0.1) is 0 Å². The van der Waals surface area contributed by atoms with E-state index in [1.165, 1.54) is 0 Å². The van der Waals surface area contributed by atoms with Crippen molar-refractivity contribution in [2.24, 2.45) is 16.6 Å². The number of nitrogens with two attached hydrogens (primary N) is 1. The quantitative estimate of drug-likeness (QED) is 0.417. The topological polar surface area (TPSA) is 105 Å². The molecule has 1 atom stereocenters. The molecule has 1 unspecified atom stereocenters.